The summed E-state index contributed by atoms with van der Waals surface area (Å²) in [6, 6.07) is 0.838. The molecule has 0 bridgehead atoms. The summed E-state index contributed by atoms with van der Waals surface area (Å²) in [6.45, 7) is 9.99. The highest BCUT2D eigenvalue weighted by atomic mass is 16.1. The molecule has 1 amide bonds. The summed E-state index contributed by atoms with van der Waals surface area (Å²) in [5, 5.41) is 6.24. The second kappa shape index (κ2) is 8.48. The third kappa shape index (κ3) is 8.16. The van der Waals surface area contributed by atoms with Crippen molar-refractivity contribution in [3.05, 3.63) is 0 Å². The van der Waals surface area contributed by atoms with Gasteiger partial charge in [0.05, 0.1) is 0 Å². The molecule has 0 aliphatic heterocycles. The molecule has 2 N–H and O–H groups in total. The van der Waals surface area contributed by atoms with Gasteiger partial charge in [-0.15, -0.1) is 0 Å². The van der Waals surface area contributed by atoms with Gasteiger partial charge in [-0.25, -0.2) is 0 Å². The van der Waals surface area contributed by atoms with Gasteiger partial charge in [0, 0.05) is 31.6 Å². The van der Waals surface area contributed by atoms with Gasteiger partial charge in [0.1, 0.15) is 0 Å². The topological polar surface area (TPSA) is 44.4 Å². The van der Waals surface area contributed by atoms with Crippen molar-refractivity contribution < 1.29 is 4.79 Å². The molecular formula is C13H29N3O. The molecule has 1 unspecified atom stereocenters. The highest BCUT2D eigenvalue weighted by Gasteiger charge is 2.16. The van der Waals surface area contributed by atoms with Crippen molar-refractivity contribution in [2.45, 2.75) is 46.2 Å². The lowest BCUT2D eigenvalue weighted by Crippen LogP contribution is -2.43. The Bertz CT molecular complexity index is 207. The van der Waals surface area contributed by atoms with Crippen LogP contribution in [0.3, 0.4) is 0 Å². The molecule has 0 spiro atoms. The summed E-state index contributed by atoms with van der Waals surface area (Å²) in [5.41, 5.74) is 0. The number of carbonyl (C=O) groups excluding carboxylic acids is 1. The molecule has 0 saturated heterocycles. The van der Waals surface area contributed by atoms with E-state index < -0.39 is 0 Å². The van der Waals surface area contributed by atoms with Crippen molar-refractivity contribution in [2.24, 2.45) is 5.92 Å². The second-order valence-corrected chi connectivity index (χ2v) is 5.44. The molecule has 0 aliphatic carbocycles. The summed E-state index contributed by atoms with van der Waals surface area (Å²) < 4.78 is 0. The Morgan fingerprint density at radius 1 is 1.18 bits per heavy atom. The molecule has 0 heterocycles. The van der Waals surface area contributed by atoms with Crippen LogP contribution in [0.2, 0.25) is 0 Å². The molecule has 0 radical (unpaired) electrons. The quantitative estimate of drug-likeness (QED) is 0.670. The van der Waals surface area contributed by atoms with Crippen LogP contribution in [0.1, 0.15) is 34.1 Å². The molecule has 17 heavy (non-hydrogen) atoms. The Labute approximate surface area is 106 Å². The Balaban J connectivity index is 3.81. The molecule has 4 nitrogen and oxygen atoms in total. The lowest BCUT2D eigenvalue weighted by Gasteiger charge is -2.28. The van der Waals surface area contributed by atoms with Gasteiger partial charge in [-0.05, 0) is 20.0 Å². The molecule has 0 aromatic heterocycles. The Hall–Kier alpha value is -0.610. The highest BCUT2D eigenvalue weighted by molar-refractivity contribution is 5.76. The van der Waals surface area contributed by atoms with Crippen LogP contribution in [0.25, 0.3) is 0 Å². The van der Waals surface area contributed by atoms with Crippen LogP contribution in [0.4, 0.5) is 0 Å². The summed E-state index contributed by atoms with van der Waals surface area (Å²) in [5.74, 6) is 0.671. The molecule has 0 aliphatic rings. The molecule has 0 aromatic carbocycles. The normalized spacial score (nSPS) is 13.5. The van der Waals surface area contributed by atoms with Crippen molar-refractivity contribution in [1.29, 1.82) is 0 Å². The van der Waals surface area contributed by atoms with Gasteiger partial charge in [-0.3, -0.25) is 4.79 Å². The van der Waals surface area contributed by atoms with Crippen molar-refractivity contribution in [2.75, 3.05) is 27.2 Å². The van der Waals surface area contributed by atoms with E-state index in [1.807, 2.05) is 0 Å². The number of nitrogens with zero attached hydrogens (tertiary/aromatic N) is 1. The third-order valence-corrected chi connectivity index (χ3v) is 2.85. The van der Waals surface area contributed by atoms with E-state index in [4.69, 9.17) is 0 Å². The van der Waals surface area contributed by atoms with Gasteiger partial charge in [0.2, 0.25) is 5.91 Å². The largest absolute Gasteiger partial charge is 0.354 e. The summed E-state index contributed by atoms with van der Waals surface area (Å²) in [7, 11) is 4.11. The first kappa shape index (κ1) is 16.4. The maximum absolute atomic E-state index is 11.6. The number of rotatable bonds is 8. The van der Waals surface area contributed by atoms with Gasteiger partial charge in [-0.1, -0.05) is 27.7 Å². The first-order chi connectivity index (χ1) is 7.84. The summed E-state index contributed by atoms with van der Waals surface area (Å²) >= 11 is 0. The number of amides is 1. The number of hydrogen-bond donors (Lipinski definition) is 2. The summed E-state index contributed by atoms with van der Waals surface area (Å²) in [6.07, 6.45) is 0.552. The molecule has 0 aromatic rings. The first-order valence-corrected chi connectivity index (χ1v) is 6.51. The fraction of sp³-hybridized carbons (Fsp3) is 0.923. The molecule has 0 rings (SSSR count). The number of likely N-dealkylation sites (N-methyl/N-ethyl adjacent to an activating group) is 1. The van der Waals surface area contributed by atoms with Crippen LogP contribution in [-0.4, -0.2) is 50.1 Å². The minimum atomic E-state index is 0.130. The van der Waals surface area contributed by atoms with E-state index in [1.54, 1.807) is 0 Å². The van der Waals surface area contributed by atoms with E-state index >= 15 is 0 Å². The fourth-order valence-electron chi connectivity index (χ4n) is 1.80. The predicted molar refractivity (Wildman–Crippen MR) is 73.1 cm³/mol. The van der Waals surface area contributed by atoms with Crippen molar-refractivity contribution in [3.8, 4) is 0 Å². The second-order valence-electron chi connectivity index (χ2n) is 5.44. The SMILES string of the molecule is CC(C)NCCC(=O)NCC(C(C)C)N(C)C. The molecule has 102 valence electrons. The number of carbonyl (C=O) groups is 1. The van der Waals surface area contributed by atoms with Crippen LogP contribution < -0.4 is 10.6 Å². The monoisotopic (exact) mass is 243 g/mol. The summed E-state index contributed by atoms with van der Waals surface area (Å²) in [4.78, 5) is 13.8. The molecule has 1 atom stereocenters. The van der Waals surface area contributed by atoms with E-state index in [-0.39, 0.29) is 5.91 Å². The maximum Gasteiger partial charge on any atom is 0.221 e. The molecule has 4 heteroatoms. The lowest BCUT2D eigenvalue weighted by atomic mass is 10.0. The maximum atomic E-state index is 11.6. The van der Waals surface area contributed by atoms with Gasteiger partial charge >= 0.3 is 0 Å². The van der Waals surface area contributed by atoms with E-state index in [1.165, 1.54) is 0 Å². The molecule has 0 fully saturated rings. The van der Waals surface area contributed by atoms with Crippen molar-refractivity contribution in [3.63, 3.8) is 0 Å². The average molecular weight is 243 g/mol. The number of hydrogen-bond acceptors (Lipinski definition) is 3. The standard InChI is InChI=1S/C13H29N3O/c1-10(2)12(16(5)6)9-15-13(17)7-8-14-11(3)4/h10-12,14H,7-9H2,1-6H3,(H,15,17). The van der Waals surface area contributed by atoms with Gasteiger partial charge in [0.15, 0.2) is 0 Å². The predicted octanol–water partition coefficient (Wildman–Crippen LogP) is 1.08. The Kier molecular flexibility index (Phi) is 8.17. The smallest absolute Gasteiger partial charge is 0.221 e. The van der Waals surface area contributed by atoms with Crippen LogP contribution in [-0.2, 0) is 4.79 Å². The first-order valence-electron chi connectivity index (χ1n) is 6.51. The zero-order valence-electron chi connectivity index (χ0n) is 12.2. The van der Waals surface area contributed by atoms with Gasteiger partial charge in [-0.2, -0.15) is 0 Å². The fourth-order valence-corrected chi connectivity index (χ4v) is 1.80. The van der Waals surface area contributed by atoms with Crippen molar-refractivity contribution in [1.82, 2.24) is 15.5 Å². The van der Waals surface area contributed by atoms with E-state index in [2.05, 4.69) is 57.3 Å². The zero-order valence-corrected chi connectivity index (χ0v) is 12.2. The van der Waals surface area contributed by atoms with Gasteiger partial charge < -0.3 is 15.5 Å². The van der Waals surface area contributed by atoms with Crippen LogP contribution in [0.15, 0.2) is 0 Å². The lowest BCUT2D eigenvalue weighted by molar-refractivity contribution is -0.121. The number of nitrogens with one attached hydrogen (secondary N) is 2. The minimum absolute atomic E-state index is 0.130. The molecular weight excluding hydrogens is 214 g/mol. The Morgan fingerprint density at radius 3 is 2.18 bits per heavy atom. The van der Waals surface area contributed by atoms with Gasteiger partial charge in [0.25, 0.3) is 0 Å². The highest BCUT2D eigenvalue weighted by Crippen LogP contribution is 2.05. The zero-order chi connectivity index (χ0) is 13.4. The van der Waals surface area contributed by atoms with E-state index in [0.29, 0.717) is 24.4 Å². The van der Waals surface area contributed by atoms with E-state index in [9.17, 15) is 4.79 Å². The molecule has 0 saturated carbocycles. The van der Waals surface area contributed by atoms with Crippen LogP contribution >= 0.6 is 0 Å². The third-order valence-electron chi connectivity index (χ3n) is 2.85. The van der Waals surface area contributed by atoms with E-state index in [0.717, 1.165) is 13.1 Å². The van der Waals surface area contributed by atoms with Crippen LogP contribution in [0.5, 0.6) is 0 Å². The Morgan fingerprint density at radius 2 is 1.76 bits per heavy atom. The van der Waals surface area contributed by atoms with Crippen LogP contribution in [0, 0.1) is 5.92 Å². The van der Waals surface area contributed by atoms with Crippen molar-refractivity contribution >= 4 is 5.91 Å². The minimum Gasteiger partial charge on any atom is -0.354 e. The average Bonchev–Trinajstić information content (AvgIpc) is 2.15.